The second kappa shape index (κ2) is 3.84. The molecule has 86 valence electrons. The zero-order valence-corrected chi connectivity index (χ0v) is 10.4. The van der Waals surface area contributed by atoms with E-state index in [2.05, 4.69) is 4.98 Å². The van der Waals surface area contributed by atoms with Crippen LogP contribution in [0.2, 0.25) is 5.02 Å². The van der Waals surface area contributed by atoms with Gasteiger partial charge in [0.25, 0.3) is 9.05 Å². The molecule has 7 heteroatoms. The summed E-state index contributed by atoms with van der Waals surface area (Å²) >= 11 is 6.01. The molecule has 0 saturated carbocycles. The molecule has 0 aliphatic rings. The standard InChI is InChI=1S/C9H7Cl2NO3S/c1-15-6-3-2-5-7(16(11,13)14)4-12-9(5)8(6)10/h2-4,12H,1H3. The summed E-state index contributed by atoms with van der Waals surface area (Å²) in [5.74, 6) is 0.467. The molecule has 0 saturated heterocycles. The molecule has 1 aromatic carbocycles. The van der Waals surface area contributed by atoms with Crippen molar-refractivity contribution in [3.8, 4) is 5.75 Å². The highest BCUT2D eigenvalue weighted by atomic mass is 35.7. The summed E-state index contributed by atoms with van der Waals surface area (Å²) in [4.78, 5) is 2.77. The Kier molecular flexibility index (Phi) is 2.77. The van der Waals surface area contributed by atoms with Crippen LogP contribution in [0.1, 0.15) is 0 Å². The van der Waals surface area contributed by atoms with Gasteiger partial charge in [0.1, 0.15) is 15.7 Å². The summed E-state index contributed by atoms with van der Waals surface area (Å²) in [6, 6.07) is 3.18. The zero-order valence-electron chi connectivity index (χ0n) is 8.12. The quantitative estimate of drug-likeness (QED) is 0.860. The predicted octanol–water partition coefficient (Wildman–Crippen LogP) is 2.76. The lowest BCUT2D eigenvalue weighted by Gasteiger charge is -2.03. The monoisotopic (exact) mass is 279 g/mol. The van der Waals surface area contributed by atoms with Crippen molar-refractivity contribution in [2.45, 2.75) is 4.90 Å². The summed E-state index contributed by atoms with van der Waals surface area (Å²) in [7, 11) is 2.98. The predicted molar refractivity (Wildman–Crippen MR) is 62.9 cm³/mol. The second-order valence-corrected chi connectivity index (χ2v) is 6.01. The van der Waals surface area contributed by atoms with Crippen molar-refractivity contribution in [3.63, 3.8) is 0 Å². The highest BCUT2D eigenvalue weighted by Crippen LogP contribution is 2.35. The third-order valence-electron chi connectivity index (χ3n) is 2.20. The van der Waals surface area contributed by atoms with E-state index in [0.717, 1.165) is 0 Å². The summed E-state index contributed by atoms with van der Waals surface area (Å²) in [6.45, 7) is 0. The van der Waals surface area contributed by atoms with Crippen LogP contribution in [0.4, 0.5) is 0 Å². The molecule has 4 nitrogen and oxygen atoms in total. The van der Waals surface area contributed by atoms with Gasteiger partial charge in [0, 0.05) is 22.3 Å². The van der Waals surface area contributed by atoms with E-state index in [1.54, 1.807) is 12.1 Å². The Morgan fingerprint density at radius 1 is 1.38 bits per heavy atom. The number of hydrogen-bond acceptors (Lipinski definition) is 3. The Morgan fingerprint density at radius 2 is 2.06 bits per heavy atom. The van der Waals surface area contributed by atoms with Crippen LogP contribution in [0.15, 0.2) is 23.2 Å². The van der Waals surface area contributed by atoms with Crippen LogP contribution < -0.4 is 4.74 Å². The first-order valence-corrected chi connectivity index (χ1v) is 6.92. The van der Waals surface area contributed by atoms with Crippen molar-refractivity contribution < 1.29 is 13.2 Å². The van der Waals surface area contributed by atoms with Crippen molar-refractivity contribution in [1.29, 1.82) is 0 Å². The van der Waals surface area contributed by atoms with Gasteiger partial charge in [-0.15, -0.1) is 0 Å². The molecule has 0 bridgehead atoms. The highest BCUT2D eigenvalue weighted by Gasteiger charge is 2.18. The second-order valence-electron chi connectivity index (χ2n) is 3.10. The van der Waals surface area contributed by atoms with E-state index in [0.29, 0.717) is 21.7 Å². The van der Waals surface area contributed by atoms with Crippen LogP contribution in [0.25, 0.3) is 10.9 Å². The minimum absolute atomic E-state index is 0.00807. The van der Waals surface area contributed by atoms with Gasteiger partial charge in [-0.2, -0.15) is 0 Å². The molecule has 2 aromatic rings. The van der Waals surface area contributed by atoms with E-state index in [1.807, 2.05) is 0 Å². The maximum atomic E-state index is 11.2. The molecule has 0 unspecified atom stereocenters. The summed E-state index contributed by atoms with van der Waals surface area (Å²) in [6.07, 6.45) is 1.30. The topological polar surface area (TPSA) is 59.2 Å². The molecular formula is C9H7Cl2NO3S. The number of rotatable bonds is 2. The number of methoxy groups -OCH3 is 1. The van der Waals surface area contributed by atoms with E-state index in [9.17, 15) is 8.42 Å². The largest absolute Gasteiger partial charge is 0.495 e. The average molecular weight is 280 g/mol. The van der Waals surface area contributed by atoms with Gasteiger partial charge in [0.15, 0.2) is 0 Å². The van der Waals surface area contributed by atoms with E-state index in [1.165, 1.54) is 13.3 Å². The lowest BCUT2D eigenvalue weighted by Crippen LogP contribution is -1.88. The molecule has 0 atom stereocenters. The summed E-state index contributed by atoms with van der Waals surface area (Å²) in [5, 5.41) is 0.771. The molecule has 1 heterocycles. The van der Waals surface area contributed by atoms with Crippen LogP contribution in [-0.4, -0.2) is 20.5 Å². The van der Waals surface area contributed by atoms with Gasteiger partial charge in [0.05, 0.1) is 12.6 Å². The first-order chi connectivity index (χ1) is 7.45. The third kappa shape index (κ3) is 1.75. The number of ether oxygens (including phenoxy) is 1. The van der Waals surface area contributed by atoms with Gasteiger partial charge in [-0.1, -0.05) is 11.6 Å². The van der Waals surface area contributed by atoms with Crippen molar-refractivity contribution in [2.24, 2.45) is 0 Å². The van der Waals surface area contributed by atoms with E-state index >= 15 is 0 Å². The number of hydrogen-bond donors (Lipinski definition) is 1. The SMILES string of the molecule is COc1ccc2c(S(=O)(=O)Cl)c[nH]c2c1Cl. The number of fused-ring (bicyclic) bond motifs is 1. The third-order valence-corrected chi connectivity index (χ3v) is 3.94. The Hall–Kier alpha value is -0.910. The van der Waals surface area contributed by atoms with Crippen LogP contribution in [0, 0.1) is 0 Å². The average Bonchev–Trinajstić information content (AvgIpc) is 2.62. The van der Waals surface area contributed by atoms with Gasteiger partial charge < -0.3 is 9.72 Å². The van der Waals surface area contributed by atoms with Gasteiger partial charge in [-0.25, -0.2) is 8.42 Å². The molecule has 1 aromatic heterocycles. The van der Waals surface area contributed by atoms with Crippen molar-refractivity contribution >= 4 is 42.2 Å². The molecule has 0 aliphatic heterocycles. The Bertz CT molecular complexity index is 648. The number of H-pyrrole nitrogens is 1. The molecular weight excluding hydrogens is 273 g/mol. The molecule has 0 spiro atoms. The maximum Gasteiger partial charge on any atom is 0.263 e. The number of halogens is 2. The molecule has 0 fully saturated rings. The molecule has 2 rings (SSSR count). The molecule has 16 heavy (non-hydrogen) atoms. The van der Waals surface area contributed by atoms with Crippen LogP contribution >= 0.6 is 22.3 Å². The smallest absolute Gasteiger partial charge is 0.263 e. The zero-order chi connectivity index (χ0) is 11.9. The fourth-order valence-electron chi connectivity index (χ4n) is 1.48. The minimum Gasteiger partial charge on any atom is -0.495 e. The van der Waals surface area contributed by atoms with Crippen molar-refractivity contribution in [1.82, 2.24) is 4.98 Å². The lowest BCUT2D eigenvalue weighted by molar-refractivity contribution is 0.415. The van der Waals surface area contributed by atoms with Gasteiger partial charge in [-0.3, -0.25) is 0 Å². The fourth-order valence-corrected chi connectivity index (χ4v) is 2.79. The van der Waals surface area contributed by atoms with Crippen LogP contribution in [0.3, 0.4) is 0 Å². The number of benzene rings is 1. The normalized spacial score (nSPS) is 11.9. The molecule has 0 radical (unpaired) electrons. The van der Waals surface area contributed by atoms with Crippen molar-refractivity contribution in [3.05, 3.63) is 23.4 Å². The first kappa shape index (κ1) is 11.6. The molecule has 0 amide bonds. The molecule has 1 N–H and O–H groups in total. The lowest BCUT2D eigenvalue weighted by atomic mass is 10.2. The van der Waals surface area contributed by atoms with Gasteiger partial charge >= 0.3 is 0 Å². The Balaban J connectivity index is 2.82. The number of aromatic amines is 1. The van der Waals surface area contributed by atoms with Crippen LogP contribution in [0.5, 0.6) is 5.75 Å². The summed E-state index contributed by atoms with van der Waals surface area (Å²) < 4.78 is 27.5. The molecule has 0 aliphatic carbocycles. The first-order valence-electron chi connectivity index (χ1n) is 4.23. The van der Waals surface area contributed by atoms with E-state index in [-0.39, 0.29) is 4.90 Å². The van der Waals surface area contributed by atoms with E-state index < -0.39 is 9.05 Å². The fraction of sp³-hybridized carbons (Fsp3) is 0.111. The highest BCUT2D eigenvalue weighted by molar-refractivity contribution is 8.14. The number of nitrogens with one attached hydrogen (secondary N) is 1. The van der Waals surface area contributed by atoms with E-state index in [4.69, 9.17) is 27.0 Å². The Morgan fingerprint density at radius 3 is 2.62 bits per heavy atom. The number of aromatic nitrogens is 1. The Labute approximate surface area is 102 Å². The summed E-state index contributed by atoms with van der Waals surface area (Å²) in [5.41, 5.74) is 0.486. The maximum absolute atomic E-state index is 11.2. The minimum atomic E-state index is -3.78. The van der Waals surface area contributed by atoms with Gasteiger partial charge in [0.2, 0.25) is 0 Å². The van der Waals surface area contributed by atoms with Crippen molar-refractivity contribution in [2.75, 3.05) is 7.11 Å². The van der Waals surface area contributed by atoms with Gasteiger partial charge in [-0.05, 0) is 12.1 Å². The van der Waals surface area contributed by atoms with Crippen LogP contribution in [-0.2, 0) is 9.05 Å².